The molecule has 10 heavy (non-hydrogen) atoms. The van der Waals surface area contributed by atoms with Gasteiger partial charge in [-0.1, -0.05) is 15.9 Å². The normalized spacial score (nSPS) is 26.3. The summed E-state index contributed by atoms with van der Waals surface area (Å²) >= 11 is 3.06. The highest BCUT2D eigenvalue weighted by molar-refractivity contribution is 9.11. The molecule has 0 aromatic rings. The fraction of sp³-hybridized carbons (Fsp3) is 0.500. The predicted octanol–water partition coefficient (Wildman–Crippen LogP) is 2.17. The van der Waals surface area contributed by atoms with Gasteiger partial charge < -0.3 is 9.47 Å². The second kappa shape index (κ2) is 2.27. The molecule has 0 radical (unpaired) electrons. The number of carbonyl (C=O) groups is 1. The topological polar surface area (TPSA) is 35.5 Å². The van der Waals surface area contributed by atoms with Crippen LogP contribution in [0.1, 0.15) is 13.8 Å². The number of rotatable bonds is 0. The van der Waals surface area contributed by atoms with Gasteiger partial charge in [-0.25, -0.2) is 4.79 Å². The molecule has 0 N–H and O–H groups in total. The summed E-state index contributed by atoms with van der Waals surface area (Å²) < 4.78 is 9.47. The molecule has 0 aromatic carbocycles. The minimum atomic E-state index is -0.643. The van der Waals surface area contributed by atoms with Crippen molar-refractivity contribution in [2.45, 2.75) is 19.4 Å². The second-order valence-electron chi connectivity index (χ2n) is 2.44. The van der Waals surface area contributed by atoms with E-state index < -0.39 is 11.8 Å². The Kier molecular flexibility index (Phi) is 1.72. The quantitative estimate of drug-likeness (QED) is 0.571. The van der Waals surface area contributed by atoms with Crippen LogP contribution in [0.15, 0.2) is 10.7 Å². The molecule has 1 saturated heterocycles. The minimum absolute atomic E-state index is 0.498. The van der Waals surface area contributed by atoms with Gasteiger partial charge in [-0.2, -0.15) is 0 Å². The number of ether oxygens (including phenoxy) is 2. The first-order valence-electron chi connectivity index (χ1n) is 2.78. The Morgan fingerprint density at radius 2 is 2.20 bits per heavy atom. The Morgan fingerprint density at radius 3 is 2.40 bits per heavy atom. The highest BCUT2D eigenvalue weighted by atomic mass is 79.9. The van der Waals surface area contributed by atoms with Crippen LogP contribution in [0.5, 0.6) is 0 Å². The summed E-state index contributed by atoms with van der Waals surface area (Å²) in [7, 11) is 0. The zero-order chi connectivity index (χ0) is 7.78. The van der Waals surface area contributed by atoms with Gasteiger partial charge in [0.25, 0.3) is 0 Å². The van der Waals surface area contributed by atoms with Gasteiger partial charge >= 0.3 is 6.16 Å². The van der Waals surface area contributed by atoms with E-state index in [-0.39, 0.29) is 0 Å². The number of halogens is 1. The molecule has 0 aromatic heterocycles. The Hall–Kier alpha value is -0.510. The molecule has 0 amide bonds. The number of carbonyl (C=O) groups excluding carboxylic acids is 1. The molecule has 0 bridgehead atoms. The van der Waals surface area contributed by atoms with Gasteiger partial charge in [0, 0.05) is 4.99 Å². The first-order valence-corrected chi connectivity index (χ1v) is 3.69. The fourth-order valence-electron chi connectivity index (χ4n) is 0.646. The largest absolute Gasteiger partial charge is 0.514 e. The van der Waals surface area contributed by atoms with Crippen LogP contribution in [0, 0.1) is 0 Å². The zero-order valence-corrected chi connectivity index (χ0v) is 7.27. The van der Waals surface area contributed by atoms with Crippen LogP contribution in [-0.4, -0.2) is 11.8 Å². The van der Waals surface area contributed by atoms with Gasteiger partial charge in [0.05, 0.1) is 0 Å². The lowest BCUT2D eigenvalue weighted by molar-refractivity contribution is 0.0872. The third-order valence-electron chi connectivity index (χ3n) is 1.22. The van der Waals surface area contributed by atoms with Crippen LogP contribution in [0.3, 0.4) is 0 Å². The van der Waals surface area contributed by atoms with E-state index in [0.29, 0.717) is 5.76 Å². The molecule has 1 rings (SSSR count). The fourth-order valence-corrected chi connectivity index (χ4v) is 1.29. The van der Waals surface area contributed by atoms with E-state index in [0.717, 1.165) is 0 Å². The van der Waals surface area contributed by atoms with E-state index in [9.17, 15) is 4.79 Å². The van der Waals surface area contributed by atoms with E-state index in [1.54, 1.807) is 13.8 Å². The first kappa shape index (κ1) is 7.60. The summed E-state index contributed by atoms with van der Waals surface area (Å²) in [5, 5.41) is 0. The molecular weight excluding hydrogens is 200 g/mol. The summed E-state index contributed by atoms with van der Waals surface area (Å²) in [5.41, 5.74) is -0.624. The average Bonchev–Trinajstić information content (AvgIpc) is 2.04. The van der Waals surface area contributed by atoms with Gasteiger partial charge in [-0.15, -0.1) is 0 Å². The van der Waals surface area contributed by atoms with Crippen LogP contribution in [0.4, 0.5) is 4.79 Å². The Morgan fingerprint density at radius 1 is 1.60 bits per heavy atom. The Bertz CT molecular complexity index is 195. The van der Waals surface area contributed by atoms with Gasteiger partial charge in [0.1, 0.15) is 0 Å². The minimum Gasteiger partial charge on any atom is -0.420 e. The third kappa shape index (κ3) is 1.16. The van der Waals surface area contributed by atoms with Crippen molar-refractivity contribution in [2.24, 2.45) is 0 Å². The molecule has 4 heteroatoms. The standard InChI is InChI=1S/C6H7BrO3/c1-6(2)4(3-7)9-5(8)10-6/h3H,1-2H3/b4-3-. The van der Waals surface area contributed by atoms with Gasteiger partial charge in [-0.05, 0) is 13.8 Å². The molecule has 0 atom stereocenters. The average molecular weight is 207 g/mol. The maximum atomic E-state index is 10.5. The highest BCUT2D eigenvalue weighted by Gasteiger charge is 2.38. The zero-order valence-electron chi connectivity index (χ0n) is 5.68. The molecule has 1 fully saturated rings. The molecule has 1 aliphatic heterocycles. The van der Waals surface area contributed by atoms with Crippen molar-refractivity contribution in [3.05, 3.63) is 10.7 Å². The highest BCUT2D eigenvalue weighted by Crippen LogP contribution is 2.30. The monoisotopic (exact) mass is 206 g/mol. The SMILES string of the molecule is CC1(C)OC(=O)O/C1=C\Br. The van der Waals surface area contributed by atoms with E-state index in [1.807, 2.05) is 0 Å². The van der Waals surface area contributed by atoms with Crippen molar-refractivity contribution >= 4 is 22.1 Å². The summed E-state index contributed by atoms with van der Waals surface area (Å²) in [6, 6.07) is 0. The molecule has 1 aliphatic rings. The Balaban J connectivity index is 2.88. The lowest BCUT2D eigenvalue weighted by atomic mass is 10.1. The second-order valence-corrected chi connectivity index (χ2v) is 2.90. The van der Waals surface area contributed by atoms with E-state index in [1.165, 1.54) is 4.99 Å². The first-order chi connectivity index (χ1) is 4.56. The summed E-state index contributed by atoms with van der Waals surface area (Å²) in [5.74, 6) is 0.498. The van der Waals surface area contributed by atoms with Crippen LogP contribution in [0.2, 0.25) is 0 Å². The van der Waals surface area contributed by atoms with Crippen LogP contribution in [0.25, 0.3) is 0 Å². The molecule has 0 spiro atoms. The molecule has 0 aliphatic carbocycles. The van der Waals surface area contributed by atoms with Gasteiger partial charge in [0.2, 0.25) is 0 Å². The maximum Gasteiger partial charge on any atom is 0.514 e. The molecular formula is C6H7BrO3. The smallest absolute Gasteiger partial charge is 0.420 e. The van der Waals surface area contributed by atoms with Gasteiger partial charge in [0.15, 0.2) is 11.4 Å². The van der Waals surface area contributed by atoms with Crippen molar-refractivity contribution in [2.75, 3.05) is 0 Å². The van der Waals surface area contributed by atoms with Crippen molar-refractivity contribution in [1.82, 2.24) is 0 Å². The van der Waals surface area contributed by atoms with E-state index in [2.05, 4.69) is 20.7 Å². The third-order valence-corrected chi connectivity index (χ3v) is 1.64. The van der Waals surface area contributed by atoms with Crippen molar-refractivity contribution in [3.8, 4) is 0 Å². The molecule has 56 valence electrons. The summed E-state index contributed by atoms with van der Waals surface area (Å²) in [4.78, 5) is 12.1. The van der Waals surface area contributed by atoms with Crippen molar-refractivity contribution in [1.29, 1.82) is 0 Å². The molecule has 3 nitrogen and oxygen atoms in total. The maximum absolute atomic E-state index is 10.5. The van der Waals surface area contributed by atoms with Crippen molar-refractivity contribution < 1.29 is 14.3 Å². The molecule has 0 saturated carbocycles. The summed E-state index contributed by atoms with van der Waals surface area (Å²) in [6.45, 7) is 3.51. The number of hydrogen-bond acceptors (Lipinski definition) is 3. The lowest BCUT2D eigenvalue weighted by Crippen LogP contribution is -2.19. The molecule has 0 unspecified atom stereocenters. The number of hydrogen-bond donors (Lipinski definition) is 0. The summed E-state index contributed by atoms with van der Waals surface area (Å²) in [6.07, 6.45) is -0.643. The molecule has 1 heterocycles. The van der Waals surface area contributed by atoms with E-state index in [4.69, 9.17) is 4.74 Å². The van der Waals surface area contributed by atoms with E-state index >= 15 is 0 Å². The predicted molar refractivity (Wildman–Crippen MR) is 38.7 cm³/mol. The van der Waals surface area contributed by atoms with Crippen molar-refractivity contribution in [3.63, 3.8) is 0 Å². The lowest BCUT2D eigenvalue weighted by Gasteiger charge is -2.12. The van der Waals surface area contributed by atoms with Crippen LogP contribution >= 0.6 is 15.9 Å². The Labute approximate surface area is 67.1 Å². The van der Waals surface area contributed by atoms with Crippen LogP contribution < -0.4 is 0 Å². The van der Waals surface area contributed by atoms with Crippen LogP contribution in [-0.2, 0) is 9.47 Å². The van der Waals surface area contributed by atoms with Gasteiger partial charge in [-0.3, -0.25) is 0 Å². The number of cyclic esters (lactones) is 2.